The van der Waals surface area contributed by atoms with Crippen molar-refractivity contribution in [2.45, 2.75) is 51.2 Å². The van der Waals surface area contributed by atoms with Crippen molar-refractivity contribution in [3.8, 4) is 5.75 Å². The van der Waals surface area contributed by atoms with Gasteiger partial charge in [-0.3, -0.25) is 9.48 Å². The molecule has 3 atom stereocenters. The minimum Gasteiger partial charge on any atom is -0.493 e. The monoisotopic (exact) mass is 263 g/mol. The second kappa shape index (κ2) is 4.63. The molecule has 0 aliphatic carbocycles. The maximum Gasteiger partial charge on any atom is 0.189 e. The van der Waals surface area contributed by atoms with Crippen LogP contribution in [0.2, 0.25) is 0 Å². The SMILES string of the molecule is COc1cnn(C(C)C)c1C(=O)C1CC2CCC1N2. The van der Waals surface area contributed by atoms with E-state index < -0.39 is 0 Å². The van der Waals surface area contributed by atoms with Crippen molar-refractivity contribution in [1.82, 2.24) is 15.1 Å². The summed E-state index contributed by atoms with van der Waals surface area (Å²) < 4.78 is 7.10. The zero-order chi connectivity index (χ0) is 13.6. The Balaban J connectivity index is 1.92. The zero-order valence-electron chi connectivity index (χ0n) is 11.7. The maximum absolute atomic E-state index is 12.8. The van der Waals surface area contributed by atoms with Crippen LogP contribution in [-0.2, 0) is 0 Å². The van der Waals surface area contributed by atoms with Crippen LogP contribution < -0.4 is 10.1 Å². The fourth-order valence-corrected chi connectivity index (χ4v) is 3.41. The molecular weight excluding hydrogens is 242 g/mol. The molecule has 3 rings (SSSR count). The Morgan fingerprint density at radius 2 is 2.32 bits per heavy atom. The number of rotatable bonds is 4. The van der Waals surface area contributed by atoms with Crippen molar-refractivity contribution in [1.29, 1.82) is 0 Å². The highest BCUT2D eigenvalue weighted by molar-refractivity contribution is 5.99. The standard InChI is InChI=1S/C14H21N3O2/c1-8(2)17-13(12(19-3)7-15-17)14(18)10-6-9-4-5-11(10)16-9/h7-11,16H,4-6H2,1-3H3. The number of hydrogen-bond acceptors (Lipinski definition) is 4. The smallest absolute Gasteiger partial charge is 0.189 e. The molecule has 5 heteroatoms. The van der Waals surface area contributed by atoms with Crippen LogP contribution in [0, 0.1) is 5.92 Å². The highest BCUT2D eigenvalue weighted by Crippen LogP contribution is 2.37. The van der Waals surface area contributed by atoms with E-state index in [1.807, 2.05) is 13.8 Å². The largest absolute Gasteiger partial charge is 0.493 e. The Morgan fingerprint density at radius 1 is 1.53 bits per heavy atom. The molecule has 5 nitrogen and oxygen atoms in total. The van der Waals surface area contributed by atoms with Gasteiger partial charge < -0.3 is 10.1 Å². The van der Waals surface area contributed by atoms with Gasteiger partial charge in [0.05, 0.1) is 13.3 Å². The molecule has 0 aromatic carbocycles. The predicted octanol–water partition coefficient (Wildman–Crippen LogP) is 1.80. The van der Waals surface area contributed by atoms with Crippen LogP contribution in [0.25, 0.3) is 0 Å². The lowest BCUT2D eigenvalue weighted by molar-refractivity contribution is 0.0884. The minimum atomic E-state index is 0.0850. The summed E-state index contributed by atoms with van der Waals surface area (Å²) in [4.78, 5) is 12.8. The molecule has 19 heavy (non-hydrogen) atoms. The molecule has 2 bridgehead atoms. The first-order valence-electron chi connectivity index (χ1n) is 7.03. The summed E-state index contributed by atoms with van der Waals surface area (Å²) in [6.45, 7) is 4.06. The first kappa shape index (κ1) is 12.7. The van der Waals surface area contributed by atoms with Gasteiger partial charge in [0.2, 0.25) is 0 Å². The molecule has 104 valence electrons. The van der Waals surface area contributed by atoms with E-state index in [0.717, 1.165) is 12.8 Å². The van der Waals surface area contributed by atoms with E-state index >= 15 is 0 Å². The second-order valence-corrected chi connectivity index (χ2v) is 5.85. The Morgan fingerprint density at radius 3 is 2.84 bits per heavy atom. The number of ether oxygens (including phenoxy) is 1. The van der Waals surface area contributed by atoms with Crippen LogP contribution in [0.1, 0.15) is 49.6 Å². The molecule has 2 aliphatic heterocycles. The van der Waals surface area contributed by atoms with E-state index in [9.17, 15) is 4.79 Å². The number of hydrogen-bond donors (Lipinski definition) is 1. The first-order chi connectivity index (χ1) is 9.11. The average Bonchev–Trinajstić information content (AvgIpc) is 3.11. The van der Waals surface area contributed by atoms with E-state index in [-0.39, 0.29) is 17.7 Å². The lowest BCUT2D eigenvalue weighted by atomic mass is 9.85. The molecule has 0 amide bonds. The normalized spacial score (nSPS) is 29.2. The van der Waals surface area contributed by atoms with Crippen molar-refractivity contribution in [2.24, 2.45) is 5.92 Å². The Kier molecular flexibility index (Phi) is 3.09. The molecule has 0 radical (unpaired) electrons. The van der Waals surface area contributed by atoms with Crippen molar-refractivity contribution in [3.05, 3.63) is 11.9 Å². The number of carbonyl (C=O) groups is 1. The van der Waals surface area contributed by atoms with Gasteiger partial charge in [-0.2, -0.15) is 5.10 Å². The third kappa shape index (κ3) is 1.96. The fraction of sp³-hybridized carbons (Fsp3) is 0.714. The number of carbonyl (C=O) groups excluding carboxylic acids is 1. The van der Waals surface area contributed by atoms with Gasteiger partial charge in [0.25, 0.3) is 0 Å². The van der Waals surface area contributed by atoms with Crippen molar-refractivity contribution in [2.75, 3.05) is 7.11 Å². The van der Waals surface area contributed by atoms with Crippen LogP contribution in [-0.4, -0.2) is 34.8 Å². The molecule has 1 aromatic rings. The van der Waals surface area contributed by atoms with Crippen molar-refractivity contribution < 1.29 is 9.53 Å². The summed E-state index contributed by atoms with van der Waals surface area (Å²) in [5, 5.41) is 7.81. The van der Waals surface area contributed by atoms with Gasteiger partial charge in [0.15, 0.2) is 11.5 Å². The van der Waals surface area contributed by atoms with E-state index in [2.05, 4.69) is 10.4 Å². The quantitative estimate of drug-likeness (QED) is 0.842. The topological polar surface area (TPSA) is 56.2 Å². The summed E-state index contributed by atoms with van der Waals surface area (Å²) in [6.07, 6.45) is 4.91. The number of nitrogens with zero attached hydrogens (tertiary/aromatic N) is 2. The average molecular weight is 263 g/mol. The van der Waals surface area contributed by atoms with E-state index in [4.69, 9.17) is 4.74 Å². The zero-order valence-corrected chi connectivity index (χ0v) is 11.7. The molecule has 2 saturated heterocycles. The number of fused-ring (bicyclic) bond motifs is 2. The Hall–Kier alpha value is -1.36. The molecule has 3 unspecified atom stereocenters. The van der Waals surface area contributed by atoms with E-state index in [1.54, 1.807) is 18.0 Å². The number of Topliss-reactive ketones (excluding diaryl/α,β-unsaturated/α-hetero) is 1. The highest BCUT2D eigenvalue weighted by atomic mass is 16.5. The van der Waals surface area contributed by atoms with Crippen LogP contribution in [0.15, 0.2) is 6.20 Å². The Bertz CT molecular complexity index is 495. The van der Waals surface area contributed by atoms with Gasteiger partial charge in [-0.1, -0.05) is 0 Å². The summed E-state index contributed by atoms with van der Waals surface area (Å²) in [7, 11) is 1.59. The molecule has 1 N–H and O–H groups in total. The van der Waals surface area contributed by atoms with Crippen molar-refractivity contribution in [3.63, 3.8) is 0 Å². The lowest BCUT2D eigenvalue weighted by Gasteiger charge is -2.20. The summed E-state index contributed by atoms with van der Waals surface area (Å²) >= 11 is 0. The lowest BCUT2D eigenvalue weighted by Crippen LogP contribution is -2.30. The number of nitrogens with one attached hydrogen (secondary N) is 1. The molecular formula is C14H21N3O2. The van der Waals surface area contributed by atoms with Crippen LogP contribution in [0.4, 0.5) is 0 Å². The van der Waals surface area contributed by atoms with Crippen molar-refractivity contribution >= 4 is 5.78 Å². The molecule has 0 saturated carbocycles. The van der Waals surface area contributed by atoms with Gasteiger partial charge in [-0.25, -0.2) is 0 Å². The number of methoxy groups -OCH3 is 1. The summed E-state index contributed by atoms with van der Waals surface area (Å²) in [5.74, 6) is 0.867. The van der Waals surface area contributed by atoms with Gasteiger partial charge in [0.1, 0.15) is 5.69 Å². The fourth-order valence-electron chi connectivity index (χ4n) is 3.41. The predicted molar refractivity (Wildman–Crippen MR) is 71.5 cm³/mol. The summed E-state index contributed by atoms with van der Waals surface area (Å²) in [6, 6.07) is 1.03. The van der Waals surface area contributed by atoms with Gasteiger partial charge >= 0.3 is 0 Å². The molecule has 2 aliphatic rings. The second-order valence-electron chi connectivity index (χ2n) is 5.85. The van der Waals surface area contributed by atoms with Gasteiger partial charge in [-0.15, -0.1) is 0 Å². The van der Waals surface area contributed by atoms with E-state index in [0.29, 0.717) is 23.5 Å². The maximum atomic E-state index is 12.8. The number of aromatic nitrogens is 2. The van der Waals surface area contributed by atoms with Crippen LogP contribution >= 0.6 is 0 Å². The molecule has 3 heterocycles. The summed E-state index contributed by atoms with van der Waals surface area (Å²) in [5.41, 5.74) is 0.636. The van der Waals surface area contributed by atoms with Gasteiger partial charge in [-0.05, 0) is 33.1 Å². The number of ketones is 1. The Labute approximate surface area is 113 Å². The van der Waals surface area contributed by atoms with Crippen LogP contribution in [0.3, 0.4) is 0 Å². The van der Waals surface area contributed by atoms with E-state index in [1.165, 1.54) is 6.42 Å². The first-order valence-corrected chi connectivity index (χ1v) is 7.03. The minimum absolute atomic E-state index is 0.0850. The third-order valence-corrected chi connectivity index (χ3v) is 4.34. The molecule has 2 fully saturated rings. The van der Waals surface area contributed by atoms with Gasteiger partial charge in [0, 0.05) is 24.0 Å². The highest BCUT2D eigenvalue weighted by Gasteiger charge is 2.44. The third-order valence-electron chi connectivity index (χ3n) is 4.34. The molecule has 1 aromatic heterocycles. The van der Waals surface area contributed by atoms with Crippen LogP contribution in [0.5, 0.6) is 5.75 Å². The molecule has 0 spiro atoms.